The van der Waals surface area contributed by atoms with Crippen molar-refractivity contribution in [2.75, 3.05) is 6.61 Å². The molecule has 1 nitrogen and oxygen atoms in total. The molecule has 80 valence electrons. The van der Waals surface area contributed by atoms with Gasteiger partial charge in [-0.25, -0.2) is 0 Å². The number of benzene rings is 1. The first-order valence-electron chi connectivity index (χ1n) is 5.46. The number of aliphatic hydroxyl groups excluding tert-OH is 1. The molecule has 0 aromatic heterocycles. The maximum absolute atomic E-state index is 8.50. The minimum atomic E-state index is 0.354. The zero-order valence-corrected chi connectivity index (χ0v) is 9.32. The quantitative estimate of drug-likeness (QED) is 0.778. The molecule has 0 aliphatic rings. The SMILES string of the molecule is CCC(CC)CCO.c1ccccc1. The van der Waals surface area contributed by atoms with Gasteiger partial charge in [0.15, 0.2) is 0 Å². The molecular weight excluding hydrogens is 172 g/mol. The summed E-state index contributed by atoms with van der Waals surface area (Å²) < 4.78 is 0. The van der Waals surface area contributed by atoms with E-state index in [4.69, 9.17) is 5.11 Å². The smallest absolute Gasteiger partial charge is 0.0433 e. The maximum atomic E-state index is 8.50. The van der Waals surface area contributed by atoms with E-state index < -0.39 is 0 Å². The van der Waals surface area contributed by atoms with Gasteiger partial charge in [-0.3, -0.25) is 0 Å². The fourth-order valence-electron chi connectivity index (χ4n) is 1.26. The van der Waals surface area contributed by atoms with Crippen LogP contribution >= 0.6 is 0 Å². The normalized spacial score (nSPS) is 9.43. The van der Waals surface area contributed by atoms with Crippen molar-refractivity contribution in [3.63, 3.8) is 0 Å². The van der Waals surface area contributed by atoms with Crippen LogP contribution in [-0.4, -0.2) is 11.7 Å². The summed E-state index contributed by atoms with van der Waals surface area (Å²) >= 11 is 0. The Hall–Kier alpha value is -0.820. The second-order valence-corrected chi connectivity index (χ2v) is 3.35. The summed E-state index contributed by atoms with van der Waals surface area (Å²) in [6, 6.07) is 12.0. The topological polar surface area (TPSA) is 20.2 Å². The Labute approximate surface area is 87.8 Å². The van der Waals surface area contributed by atoms with Crippen LogP contribution in [0.2, 0.25) is 0 Å². The summed E-state index contributed by atoms with van der Waals surface area (Å²) in [5.74, 6) is 0.750. The summed E-state index contributed by atoms with van der Waals surface area (Å²) in [4.78, 5) is 0. The van der Waals surface area contributed by atoms with Crippen LogP contribution in [0, 0.1) is 5.92 Å². The van der Waals surface area contributed by atoms with E-state index in [0.29, 0.717) is 6.61 Å². The van der Waals surface area contributed by atoms with Gasteiger partial charge in [0.05, 0.1) is 0 Å². The number of aliphatic hydroxyl groups is 1. The van der Waals surface area contributed by atoms with Crippen LogP contribution in [-0.2, 0) is 0 Å². The zero-order valence-electron chi connectivity index (χ0n) is 9.32. The molecule has 0 spiro atoms. The number of hydrogen-bond acceptors (Lipinski definition) is 1. The predicted octanol–water partition coefficient (Wildman–Crippen LogP) is 3.49. The van der Waals surface area contributed by atoms with E-state index in [9.17, 15) is 0 Å². The molecule has 14 heavy (non-hydrogen) atoms. The number of rotatable bonds is 4. The zero-order chi connectivity index (χ0) is 10.6. The van der Waals surface area contributed by atoms with E-state index in [1.807, 2.05) is 36.4 Å². The summed E-state index contributed by atoms with van der Waals surface area (Å²) in [7, 11) is 0. The molecule has 0 saturated heterocycles. The Morgan fingerprint density at radius 1 is 0.857 bits per heavy atom. The summed E-state index contributed by atoms with van der Waals surface area (Å²) in [5.41, 5.74) is 0. The summed E-state index contributed by atoms with van der Waals surface area (Å²) in [5, 5.41) is 8.50. The Morgan fingerprint density at radius 2 is 1.21 bits per heavy atom. The van der Waals surface area contributed by atoms with Crippen molar-refractivity contribution in [2.24, 2.45) is 5.92 Å². The second kappa shape index (κ2) is 10.3. The van der Waals surface area contributed by atoms with Crippen LogP contribution in [0.5, 0.6) is 0 Å². The number of hydrogen-bond donors (Lipinski definition) is 1. The van der Waals surface area contributed by atoms with Crippen molar-refractivity contribution in [1.29, 1.82) is 0 Å². The largest absolute Gasteiger partial charge is 0.396 e. The van der Waals surface area contributed by atoms with Crippen LogP contribution in [0.1, 0.15) is 33.1 Å². The van der Waals surface area contributed by atoms with Crippen molar-refractivity contribution < 1.29 is 5.11 Å². The van der Waals surface area contributed by atoms with Gasteiger partial charge in [0, 0.05) is 6.61 Å². The molecule has 0 saturated carbocycles. The molecule has 0 bridgehead atoms. The molecule has 1 rings (SSSR count). The maximum Gasteiger partial charge on any atom is 0.0433 e. The molecule has 0 heterocycles. The van der Waals surface area contributed by atoms with Crippen molar-refractivity contribution in [2.45, 2.75) is 33.1 Å². The highest BCUT2D eigenvalue weighted by Gasteiger charge is 1.99. The molecule has 0 atom stereocenters. The third kappa shape index (κ3) is 7.81. The fourth-order valence-corrected chi connectivity index (χ4v) is 1.26. The van der Waals surface area contributed by atoms with Crippen molar-refractivity contribution in [3.8, 4) is 0 Å². The molecule has 0 aliphatic heterocycles. The van der Waals surface area contributed by atoms with Crippen LogP contribution in [0.15, 0.2) is 36.4 Å². The lowest BCUT2D eigenvalue weighted by molar-refractivity contribution is 0.252. The molecule has 0 aliphatic carbocycles. The molecular formula is C13H22O. The van der Waals surface area contributed by atoms with Gasteiger partial charge < -0.3 is 5.11 Å². The highest BCUT2D eigenvalue weighted by molar-refractivity contribution is 4.99. The molecule has 0 amide bonds. The van der Waals surface area contributed by atoms with Gasteiger partial charge in [-0.1, -0.05) is 63.1 Å². The van der Waals surface area contributed by atoms with E-state index in [0.717, 1.165) is 12.3 Å². The van der Waals surface area contributed by atoms with Gasteiger partial charge in [0.25, 0.3) is 0 Å². The van der Waals surface area contributed by atoms with E-state index in [1.165, 1.54) is 12.8 Å². The Kier molecular flexibility index (Phi) is 9.66. The van der Waals surface area contributed by atoms with Gasteiger partial charge in [-0.15, -0.1) is 0 Å². The van der Waals surface area contributed by atoms with Gasteiger partial charge in [-0.05, 0) is 12.3 Å². The Morgan fingerprint density at radius 3 is 1.36 bits per heavy atom. The first-order chi connectivity index (χ1) is 6.85. The van der Waals surface area contributed by atoms with Crippen LogP contribution in [0.25, 0.3) is 0 Å². The molecule has 1 heteroatoms. The molecule has 0 fully saturated rings. The lowest BCUT2D eigenvalue weighted by Crippen LogP contribution is -1.98. The van der Waals surface area contributed by atoms with Crippen molar-refractivity contribution in [3.05, 3.63) is 36.4 Å². The van der Waals surface area contributed by atoms with E-state index in [2.05, 4.69) is 13.8 Å². The minimum absolute atomic E-state index is 0.354. The van der Waals surface area contributed by atoms with Crippen LogP contribution in [0.3, 0.4) is 0 Å². The second-order valence-electron chi connectivity index (χ2n) is 3.35. The first-order valence-corrected chi connectivity index (χ1v) is 5.46. The highest BCUT2D eigenvalue weighted by Crippen LogP contribution is 2.10. The average Bonchev–Trinajstić information content (AvgIpc) is 2.29. The van der Waals surface area contributed by atoms with Crippen LogP contribution < -0.4 is 0 Å². The summed E-state index contributed by atoms with van der Waals surface area (Å²) in [6.07, 6.45) is 3.39. The molecule has 1 N–H and O–H groups in total. The highest BCUT2D eigenvalue weighted by atomic mass is 16.3. The monoisotopic (exact) mass is 194 g/mol. The molecule has 0 unspecified atom stereocenters. The lowest BCUT2D eigenvalue weighted by Gasteiger charge is -2.07. The predicted molar refractivity (Wildman–Crippen MR) is 62.2 cm³/mol. The van der Waals surface area contributed by atoms with Gasteiger partial charge in [0.1, 0.15) is 0 Å². The third-order valence-electron chi connectivity index (χ3n) is 2.36. The fraction of sp³-hybridized carbons (Fsp3) is 0.538. The van der Waals surface area contributed by atoms with Crippen molar-refractivity contribution in [1.82, 2.24) is 0 Å². The lowest BCUT2D eigenvalue weighted by atomic mass is 10.0. The molecule has 0 radical (unpaired) electrons. The average molecular weight is 194 g/mol. The minimum Gasteiger partial charge on any atom is -0.396 e. The van der Waals surface area contributed by atoms with E-state index in [1.54, 1.807) is 0 Å². The van der Waals surface area contributed by atoms with Crippen LogP contribution in [0.4, 0.5) is 0 Å². The van der Waals surface area contributed by atoms with Gasteiger partial charge >= 0.3 is 0 Å². The Balaban J connectivity index is 0.000000249. The third-order valence-corrected chi connectivity index (χ3v) is 2.36. The van der Waals surface area contributed by atoms with Gasteiger partial charge in [0.2, 0.25) is 0 Å². The van der Waals surface area contributed by atoms with E-state index in [-0.39, 0.29) is 0 Å². The van der Waals surface area contributed by atoms with Crippen molar-refractivity contribution >= 4 is 0 Å². The molecule has 1 aromatic carbocycles. The van der Waals surface area contributed by atoms with E-state index >= 15 is 0 Å². The Bertz CT molecular complexity index is 153. The first kappa shape index (κ1) is 13.2. The molecule has 1 aromatic rings. The summed E-state index contributed by atoms with van der Waals surface area (Å²) in [6.45, 7) is 4.69. The standard InChI is InChI=1S/C7H16O.C6H6/c1-3-7(4-2)5-6-8;1-2-4-6-5-3-1/h7-8H,3-6H2,1-2H3;1-6H. The van der Waals surface area contributed by atoms with Gasteiger partial charge in [-0.2, -0.15) is 0 Å².